The molecule has 6 nitrogen and oxygen atoms in total. The zero-order valence-electron chi connectivity index (χ0n) is 15.3. The maximum atomic E-state index is 12.2. The first-order valence-electron chi connectivity index (χ1n) is 8.68. The second kappa shape index (κ2) is 9.52. The van der Waals surface area contributed by atoms with Gasteiger partial charge < -0.3 is 9.88 Å². The number of aryl methyl sites for hydroxylation is 1. The number of rotatable bonds is 8. The van der Waals surface area contributed by atoms with Crippen molar-refractivity contribution in [2.75, 3.05) is 11.1 Å². The van der Waals surface area contributed by atoms with E-state index in [1.54, 1.807) is 30.3 Å². The molecular weight excluding hydrogens is 396 g/mol. The van der Waals surface area contributed by atoms with E-state index in [9.17, 15) is 9.59 Å². The van der Waals surface area contributed by atoms with Gasteiger partial charge in [-0.15, -0.1) is 10.2 Å². The van der Waals surface area contributed by atoms with E-state index in [1.165, 1.54) is 11.8 Å². The van der Waals surface area contributed by atoms with Crippen LogP contribution in [0.3, 0.4) is 0 Å². The lowest BCUT2D eigenvalue weighted by molar-refractivity contribution is -0.116. The van der Waals surface area contributed by atoms with Gasteiger partial charge in [0.1, 0.15) is 5.82 Å². The SMILES string of the molecule is Cn1c(CCC(=O)Nc2ccccc2Cl)nnc1SCC(=O)c1ccccc1. The number of Topliss-reactive ketones (excluding diaryl/α,β-unsaturated/α-hetero) is 1. The molecule has 8 heteroatoms. The van der Waals surface area contributed by atoms with Crippen molar-refractivity contribution in [1.82, 2.24) is 14.8 Å². The van der Waals surface area contributed by atoms with Crippen LogP contribution in [0.5, 0.6) is 0 Å². The summed E-state index contributed by atoms with van der Waals surface area (Å²) in [5, 5.41) is 12.2. The average molecular weight is 415 g/mol. The Morgan fingerprint density at radius 3 is 2.54 bits per heavy atom. The number of hydrogen-bond donors (Lipinski definition) is 1. The van der Waals surface area contributed by atoms with Crippen LogP contribution in [0.15, 0.2) is 59.8 Å². The highest BCUT2D eigenvalue weighted by Gasteiger charge is 2.14. The molecule has 1 aromatic heterocycles. The lowest BCUT2D eigenvalue weighted by Crippen LogP contribution is -2.14. The third kappa shape index (κ3) is 5.21. The van der Waals surface area contributed by atoms with Crippen LogP contribution in [-0.2, 0) is 18.3 Å². The van der Waals surface area contributed by atoms with E-state index < -0.39 is 0 Å². The largest absolute Gasteiger partial charge is 0.325 e. The van der Waals surface area contributed by atoms with E-state index in [-0.39, 0.29) is 23.9 Å². The molecule has 0 saturated carbocycles. The summed E-state index contributed by atoms with van der Waals surface area (Å²) in [5.41, 5.74) is 1.26. The van der Waals surface area contributed by atoms with Crippen LogP contribution >= 0.6 is 23.4 Å². The van der Waals surface area contributed by atoms with E-state index in [2.05, 4.69) is 15.5 Å². The molecule has 1 N–H and O–H groups in total. The molecule has 1 amide bonds. The van der Waals surface area contributed by atoms with E-state index in [1.807, 2.05) is 35.9 Å². The van der Waals surface area contributed by atoms with E-state index in [4.69, 9.17) is 11.6 Å². The summed E-state index contributed by atoms with van der Waals surface area (Å²) < 4.78 is 1.81. The lowest BCUT2D eigenvalue weighted by atomic mass is 10.2. The molecule has 3 aromatic rings. The van der Waals surface area contributed by atoms with Crippen LogP contribution in [-0.4, -0.2) is 32.2 Å². The van der Waals surface area contributed by atoms with Gasteiger partial charge in [-0.2, -0.15) is 0 Å². The van der Waals surface area contributed by atoms with Crippen molar-refractivity contribution in [3.63, 3.8) is 0 Å². The second-order valence-electron chi connectivity index (χ2n) is 6.06. The van der Waals surface area contributed by atoms with E-state index >= 15 is 0 Å². The summed E-state index contributed by atoms with van der Waals surface area (Å²) in [6.45, 7) is 0. The third-order valence-electron chi connectivity index (χ3n) is 4.08. The number of nitrogens with one attached hydrogen (secondary N) is 1. The quantitative estimate of drug-likeness (QED) is 0.445. The number of thioether (sulfide) groups is 1. The van der Waals surface area contributed by atoms with Gasteiger partial charge in [-0.1, -0.05) is 65.8 Å². The number of para-hydroxylation sites is 1. The predicted molar refractivity (Wildman–Crippen MR) is 111 cm³/mol. The molecule has 3 rings (SSSR count). The van der Waals surface area contributed by atoms with Gasteiger partial charge in [-0.05, 0) is 12.1 Å². The molecule has 1 heterocycles. The highest BCUT2D eigenvalue weighted by Crippen LogP contribution is 2.21. The molecule has 2 aromatic carbocycles. The number of carbonyl (C=O) groups is 2. The van der Waals surface area contributed by atoms with Crippen molar-refractivity contribution >= 4 is 40.7 Å². The molecule has 0 bridgehead atoms. The van der Waals surface area contributed by atoms with Crippen molar-refractivity contribution in [1.29, 1.82) is 0 Å². The zero-order chi connectivity index (χ0) is 19.9. The number of benzene rings is 2. The maximum Gasteiger partial charge on any atom is 0.224 e. The van der Waals surface area contributed by atoms with Gasteiger partial charge in [0.25, 0.3) is 0 Å². The van der Waals surface area contributed by atoms with Crippen molar-refractivity contribution in [3.8, 4) is 0 Å². The highest BCUT2D eigenvalue weighted by molar-refractivity contribution is 7.99. The van der Waals surface area contributed by atoms with Crippen molar-refractivity contribution in [2.45, 2.75) is 18.0 Å². The van der Waals surface area contributed by atoms with Gasteiger partial charge in [0.15, 0.2) is 10.9 Å². The normalized spacial score (nSPS) is 10.6. The molecule has 0 aliphatic heterocycles. The molecule has 0 atom stereocenters. The first-order valence-corrected chi connectivity index (χ1v) is 10.0. The monoisotopic (exact) mass is 414 g/mol. The Hall–Kier alpha value is -2.64. The minimum atomic E-state index is -0.149. The van der Waals surface area contributed by atoms with Crippen molar-refractivity contribution < 1.29 is 9.59 Å². The topological polar surface area (TPSA) is 76.9 Å². The fraction of sp³-hybridized carbons (Fsp3) is 0.200. The minimum absolute atomic E-state index is 0.0364. The Labute approximate surface area is 172 Å². The second-order valence-corrected chi connectivity index (χ2v) is 7.41. The van der Waals surface area contributed by atoms with Gasteiger partial charge in [0.05, 0.1) is 16.5 Å². The van der Waals surface area contributed by atoms with Gasteiger partial charge >= 0.3 is 0 Å². The summed E-state index contributed by atoms with van der Waals surface area (Å²) in [6, 6.07) is 16.2. The van der Waals surface area contributed by atoms with E-state index in [0.717, 1.165) is 0 Å². The van der Waals surface area contributed by atoms with E-state index in [0.29, 0.717) is 33.7 Å². The molecule has 0 fully saturated rings. The molecule has 0 unspecified atom stereocenters. The van der Waals surface area contributed by atoms with Crippen LogP contribution < -0.4 is 5.32 Å². The average Bonchev–Trinajstić information content (AvgIpc) is 3.06. The minimum Gasteiger partial charge on any atom is -0.325 e. The maximum absolute atomic E-state index is 12.2. The number of carbonyl (C=O) groups excluding carboxylic acids is 2. The molecular formula is C20H19ClN4O2S. The summed E-state index contributed by atoms with van der Waals surface area (Å²) in [4.78, 5) is 24.4. The van der Waals surface area contributed by atoms with Crippen LogP contribution in [0.4, 0.5) is 5.69 Å². The lowest BCUT2D eigenvalue weighted by Gasteiger charge is -2.07. The van der Waals surface area contributed by atoms with Gasteiger partial charge in [-0.3, -0.25) is 9.59 Å². The molecule has 28 heavy (non-hydrogen) atoms. The Morgan fingerprint density at radius 1 is 1.07 bits per heavy atom. The fourth-order valence-electron chi connectivity index (χ4n) is 2.53. The first kappa shape index (κ1) is 20.1. The molecule has 0 spiro atoms. The molecule has 0 aliphatic rings. The summed E-state index contributed by atoms with van der Waals surface area (Å²) in [7, 11) is 1.83. The summed E-state index contributed by atoms with van der Waals surface area (Å²) in [6.07, 6.45) is 0.692. The van der Waals surface area contributed by atoms with Gasteiger partial charge in [0, 0.05) is 25.5 Å². The Morgan fingerprint density at radius 2 is 1.79 bits per heavy atom. The Bertz CT molecular complexity index is 975. The van der Waals surface area contributed by atoms with Crippen LogP contribution in [0.1, 0.15) is 22.6 Å². The molecule has 0 saturated heterocycles. The third-order valence-corrected chi connectivity index (χ3v) is 5.43. The zero-order valence-corrected chi connectivity index (χ0v) is 16.8. The number of nitrogens with zero attached hydrogens (tertiary/aromatic N) is 3. The standard InChI is InChI=1S/C20H19ClN4O2S/c1-25-18(11-12-19(27)22-16-10-6-5-9-15(16)21)23-24-20(25)28-13-17(26)14-7-3-2-4-8-14/h2-10H,11-13H2,1H3,(H,22,27). The molecule has 0 aliphatic carbocycles. The number of ketones is 1. The van der Waals surface area contributed by atoms with Gasteiger partial charge in [-0.25, -0.2) is 0 Å². The summed E-state index contributed by atoms with van der Waals surface area (Å²) >= 11 is 7.38. The number of anilines is 1. The smallest absolute Gasteiger partial charge is 0.224 e. The number of aromatic nitrogens is 3. The number of amides is 1. The van der Waals surface area contributed by atoms with Crippen LogP contribution in [0.25, 0.3) is 0 Å². The Kier molecular flexibility index (Phi) is 6.84. The van der Waals surface area contributed by atoms with Crippen molar-refractivity contribution in [2.24, 2.45) is 7.05 Å². The number of hydrogen-bond acceptors (Lipinski definition) is 5. The van der Waals surface area contributed by atoms with Crippen LogP contribution in [0, 0.1) is 0 Å². The highest BCUT2D eigenvalue weighted by atomic mass is 35.5. The van der Waals surface area contributed by atoms with Crippen molar-refractivity contribution in [3.05, 3.63) is 71.0 Å². The Balaban J connectivity index is 1.52. The predicted octanol–water partition coefficient (Wildman–Crippen LogP) is 4.01. The summed E-state index contributed by atoms with van der Waals surface area (Å²) in [5.74, 6) is 0.853. The van der Waals surface area contributed by atoms with Gasteiger partial charge in [0.2, 0.25) is 5.91 Å². The first-order chi connectivity index (χ1) is 13.5. The molecule has 144 valence electrons. The number of halogens is 1. The molecule has 0 radical (unpaired) electrons. The van der Waals surface area contributed by atoms with Crippen LogP contribution in [0.2, 0.25) is 5.02 Å². The fourth-order valence-corrected chi connectivity index (χ4v) is 3.53.